The molecule has 0 heterocycles. The summed E-state index contributed by atoms with van der Waals surface area (Å²) in [5, 5.41) is 0. The summed E-state index contributed by atoms with van der Waals surface area (Å²) in [6.07, 6.45) is 4.15. The van der Waals surface area contributed by atoms with Gasteiger partial charge in [0.15, 0.2) is 0 Å². The van der Waals surface area contributed by atoms with Crippen molar-refractivity contribution >= 4 is 0 Å². The summed E-state index contributed by atoms with van der Waals surface area (Å²) in [6, 6.07) is 0. The summed E-state index contributed by atoms with van der Waals surface area (Å²) in [6.45, 7) is 15.6. The lowest BCUT2D eigenvalue weighted by atomic mass is 10.3. The third-order valence-corrected chi connectivity index (χ3v) is 2.20. The van der Waals surface area contributed by atoms with Crippen LogP contribution >= 0.6 is 0 Å². The smallest absolute Gasteiger partial charge is 0.111 e. The summed E-state index contributed by atoms with van der Waals surface area (Å²) in [7, 11) is 0. The zero-order chi connectivity index (χ0) is 10.8. The maximum Gasteiger partial charge on any atom is 0.111 e. The number of hydrogen-bond donors (Lipinski definition) is 0. The molecule has 0 saturated carbocycles. The lowest BCUT2D eigenvalue weighted by Crippen LogP contribution is -2.28. The van der Waals surface area contributed by atoms with Crippen LogP contribution in [0, 0.1) is 0 Å². The molecule has 0 amide bonds. The van der Waals surface area contributed by atoms with Crippen LogP contribution in [-0.4, -0.2) is 31.1 Å². The van der Waals surface area contributed by atoms with Crippen LogP contribution < -0.4 is 0 Å². The molecule has 0 spiro atoms. The van der Waals surface area contributed by atoms with Crippen molar-refractivity contribution in [2.24, 2.45) is 0 Å². The van der Waals surface area contributed by atoms with E-state index in [1.165, 1.54) is 12.8 Å². The molecular formula is C12H23NO. The van der Waals surface area contributed by atoms with E-state index in [2.05, 4.69) is 31.9 Å². The second-order valence-electron chi connectivity index (χ2n) is 3.31. The van der Waals surface area contributed by atoms with Gasteiger partial charge in [-0.05, 0) is 25.6 Å². The minimum absolute atomic E-state index is 0.663. The third-order valence-electron chi connectivity index (χ3n) is 2.20. The van der Waals surface area contributed by atoms with Crippen LogP contribution in [0.4, 0.5) is 0 Å². The Labute approximate surface area is 88.2 Å². The minimum Gasteiger partial charge on any atom is -0.493 e. The first-order valence-corrected chi connectivity index (χ1v) is 5.41. The van der Waals surface area contributed by atoms with Gasteiger partial charge in [-0.2, -0.15) is 0 Å². The number of hydrogen-bond acceptors (Lipinski definition) is 2. The Hall–Kier alpha value is -0.760. The van der Waals surface area contributed by atoms with Gasteiger partial charge in [-0.3, -0.25) is 0 Å². The lowest BCUT2D eigenvalue weighted by molar-refractivity contribution is 0.167. The van der Waals surface area contributed by atoms with Gasteiger partial charge in [-0.25, -0.2) is 0 Å². The second kappa shape index (κ2) is 8.82. The van der Waals surface area contributed by atoms with Gasteiger partial charge in [0.05, 0.1) is 0 Å². The maximum atomic E-state index is 5.35. The van der Waals surface area contributed by atoms with E-state index in [1.807, 2.05) is 0 Å². The molecule has 0 rings (SSSR count). The van der Waals surface area contributed by atoms with Gasteiger partial charge in [0.1, 0.15) is 12.4 Å². The van der Waals surface area contributed by atoms with Gasteiger partial charge in [-0.15, -0.1) is 0 Å². The van der Waals surface area contributed by atoms with Gasteiger partial charge >= 0.3 is 0 Å². The van der Waals surface area contributed by atoms with E-state index in [1.54, 1.807) is 6.08 Å². The minimum atomic E-state index is 0.663. The number of rotatable bonds is 9. The van der Waals surface area contributed by atoms with Crippen molar-refractivity contribution in [1.29, 1.82) is 0 Å². The fourth-order valence-electron chi connectivity index (χ4n) is 1.17. The van der Waals surface area contributed by atoms with Crippen molar-refractivity contribution in [3.63, 3.8) is 0 Å². The average molecular weight is 197 g/mol. The van der Waals surface area contributed by atoms with E-state index in [0.29, 0.717) is 12.4 Å². The Kier molecular flexibility index (Phi) is 8.34. The maximum absolute atomic E-state index is 5.35. The fourth-order valence-corrected chi connectivity index (χ4v) is 1.17. The van der Waals surface area contributed by atoms with E-state index in [-0.39, 0.29) is 0 Å². The predicted octanol–water partition coefficient (Wildman–Crippen LogP) is 2.82. The molecule has 14 heavy (non-hydrogen) atoms. The van der Waals surface area contributed by atoms with Crippen molar-refractivity contribution < 1.29 is 4.74 Å². The van der Waals surface area contributed by atoms with Crippen LogP contribution in [0.1, 0.15) is 26.7 Å². The summed E-state index contributed by atoms with van der Waals surface area (Å²) in [5.41, 5.74) is 0. The molecule has 0 unspecified atom stereocenters. The normalized spacial score (nSPS) is 10.2. The highest BCUT2D eigenvalue weighted by Crippen LogP contribution is 1.97. The predicted molar refractivity (Wildman–Crippen MR) is 62.3 cm³/mol. The summed E-state index contributed by atoms with van der Waals surface area (Å²) >= 11 is 0. The molecule has 0 aliphatic heterocycles. The summed E-state index contributed by atoms with van der Waals surface area (Å²) < 4.78 is 5.35. The van der Waals surface area contributed by atoms with Crippen LogP contribution in [0.15, 0.2) is 25.0 Å². The second-order valence-corrected chi connectivity index (χ2v) is 3.31. The van der Waals surface area contributed by atoms with Crippen molar-refractivity contribution in [3.05, 3.63) is 25.0 Å². The number of likely N-dealkylation sites (N-methyl/N-ethyl adjacent to an activating group) is 1. The largest absolute Gasteiger partial charge is 0.493 e. The molecule has 0 fully saturated rings. The first-order valence-electron chi connectivity index (χ1n) is 5.41. The van der Waals surface area contributed by atoms with Crippen LogP contribution in [0.5, 0.6) is 0 Å². The highest BCUT2D eigenvalue weighted by molar-refractivity contribution is 5.01. The molecule has 2 nitrogen and oxygen atoms in total. The Bertz CT molecular complexity index is 166. The van der Waals surface area contributed by atoms with Crippen molar-refractivity contribution in [2.75, 3.05) is 26.2 Å². The quantitative estimate of drug-likeness (QED) is 0.416. The lowest BCUT2D eigenvalue weighted by Gasteiger charge is -2.19. The van der Waals surface area contributed by atoms with Gasteiger partial charge in [-0.1, -0.05) is 33.4 Å². The highest BCUT2D eigenvalue weighted by atomic mass is 16.5. The topological polar surface area (TPSA) is 12.5 Å². The van der Waals surface area contributed by atoms with Gasteiger partial charge in [0, 0.05) is 6.54 Å². The molecule has 0 aromatic heterocycles. The van der Waals surface area contributed by atoms with Crippen LogP contribution in [0.3, 0.4) is 0 Å². The van der Waals surface area contributed by atoms with Crippen LogP contribution in [0.2, 0.25) is 0 Å². The van der Waals surface area contributed by atoms with E-state index < -0.39 is 0 Å². The Balaban J connectivity index is 3.51. The van der Waals surface area contributed by atoms with Crippen LogP contribution in [-0.2, 0) is 4.74 Å². The number of ether oxygens (including phenoxy) is 1. The first-order chi connectivity index (χ1) is 6.74. The molecule has 82 valence electrons. The highest BCUT2D eigenvalue weighted by Gasteiger charge is 2.00. The van der Waals surface area contributed by atoms with E-state index in [4.69, 9.17) is 4.74 Å². The van der Waals surface area contributed by atoms with Gasteiger partial charge in [0.25, 0.3) is 0 Å². The third kappa shape index (κ3) is 6.72. The summed E-state index contributed by atoms with van der Waals surface area (Å²) in [4.78, 5) is 2.39. The molecule has 2 heteroatoms. The van der Waals surface area contributed by atoms with Crippen LogP contribution in [0.25, 0.3) is 0 Å². The zero-order valence-electron chi connectivity index (χ0n) is 9.59. The van der Waals surface area contributed by atoms with Crippen molar-refractivity contribution in [1.82, 2.24) is 4.90 Å². The number of unbranched alkanes of at least 4 members (excludes halogenated alkanes) is 1. The Morgan fingerprint density at radius 1 is 1.36 bits per heavy atom. The Morgan fingerprint density at radius 3 is 2.57 bits per heavy atom. The van der Waals surface area contributed by atoms with E-state index >= 15 is 0 Å². The van der Waals surface area contributed by atoms with E-state index in [0.717, 1.165) is 19.6 Å². The zero-order valence-corrected chi connectivity index (χ0v) is 9.59. The molecule has 0 aromatic rings. The standard InChI is InChI=1S/C12H23NO/c1-5-8-9-13(7-3)10-11-14-12(4)6-2/h6H,2,4-5,7-11H2,1,3H3. The molecule has 0 radical (unpaired) electrons. The molecular weight excluding hydrogens is 174 g/mol. The van der Waals surface area contributed by atoms with E-state index in [9.17, 15) is 0 Å². The van der Waals surface area contributed by atoms with Crippen molar-refractivity contribution in [3.8, 4) is 0 Å². The average Bonchev–Trinajstić information content (AvgIpc) is 2.22. The Morgan fingerprint density at radius 2 is 2.07 bits per heavy atom. The molecule has 0 bridgehead atoms. The van der Waals surface area contributed by atoms with Gasteiger partial charge in [0.2, 0.25) is 0 Å². The molecule has 0 aliphatic carbocycles. The van der Waals surface area contributed by atoms with Gasteiger partial charge < -0.3 is 9.64 Å². The fraction of sp³-hybridized carbons (Fsp3) is 0.667. The summed E-state index contributed by atoms with van der Waals surface area (Å²) in [5.74, 6) is 0.663. The molecule has 0 aliphatic rings. The molecule has 0 aromatic carbocycles. The monoisotopic (exact) mass is 197 g/mol. The number of nitrogens with zero attached hydrogens (tertiary/aromatic N) is 1. The molecule has 0 atom stereocenters. The SMILES string of the molecule is C=CC(=C)OCCN(CC)CCCC. The molecule has 0 N–H and O–H groups in total. The molecule has 0 saturated heterocycles. The first kappa shape index (κ1) is 13.2. The number of allylic oxidation sites excluding steroid dienone is 1. The van der Waals surface area contributed by atoms with Crippen molar-refractivity contribution in [2.45, 2.75) is 26.7 Å².